The fourth-order valence-electron chi connectivity index (χ4n) is 2.05. The minimum absolute atomic E-state index is 0.113. The molecule has 10 heteroatoms. The zero-order chi connectivity index (χ0) is 19.3. The topological polar surface area (TPSA) is 95.5 Å². The number of sulfonamides is 1. The molecule has 0 atom stereocenters. The zero-order valence-electron chi connectivity index (χ0n) is 15.0. The number of aromatic nitrogens is 2. The fraction of sp³-hybridized carbons (Fsp3) is 0.312. The zero-order valence-corrected chi connectivity index (χ0v) is 16.6. The molecule has 1 N–H and O–H groups in total. The van der Waals surface area contributed by atoms with Crippen LogP contribution >= 0.6 is 11.8 Å². The number of carbonyl (C=O) groups is 1. The highest BCUT2D eigenvalue weighted by Gasteiger charge is 2.20. The van der Waals surface area contributed by atoms with E-state index in [0.29, 0.717) is 16.5 Å². The Morgan fingerprint density at radius 2 is 1.81 bits per heavy atom. The first-order valence-electron chi connectivity index (χ1n) is 7.65. The van der Waals surface area contributed by atoms with Crippen molar-refractivity contribution >= 4 is 39.1 Å². The lowest BCUT2D eigenvalue weighted by atomic mass is 10.2. The number of nitrogens with zero attached hydrogens (tertiary/aromatic N) is 4. The summed E-state index contributed by atoms with van der Waals surface area (Å²) < 4.78 is 25.8. The Labute approximate surface area is 157 Å². The molecule has 1 aromatic heterocycles. The maximum Gasteiger partial charge on any atom is 0.242 e. The Morgan fingerprint density at radius 3 is 2.38 bits per heavy atom. The summed E-state index contributed by atoms with van der Waals surface area (Å²) in [5.74, 6) is -0.161. The highest BCUT2D eigenvalue weighted by atomic mass is 32.2. The molecule has 0 radical (unpaired) electrons. The first kappa shape index (κ1) is 20.1. The molecule has 1 amide bonds. The summed E-state index contributed by atoms with van der Waals surface area (Å²) in [7, 11) is 2.96. The SMILES string of the molecule is CN(C)c1ccc(S(=O)(=O)N(C)C)cc1NC(=O)CSc1ncccn1. The number of thioether (sulfide) groups is 1. The lowest BCUT2D eigenvalue weighted by Crippen LogP contribution is -2.23. The van der Waals surface area contributed by atoms with Crippen LogP contribution in [0.15, 0.2) is 46.7 Å². The Balaban J connectivity index is 2.21. The van der Waals surface area contributed by atoms with Crippen LogP contribution in [0.5, 0.6) is 0 Å². The smallest absolute Gasteiger partial charge is 0.242 e. The summed E-state index contributed by atoms with van der Waals surface area (Å²) in [4.78, 5) is 22.3. The molecule has 0 aliphatic rings. The van der Waals surface area contributed by atoms with Crippen molar-refractivity contribution in [2.24, 2.45) is 0 Å². The highest BCUT2D eigenvalue weighted by Crippen LogP contribution is 2.29. The van der Waals surface area contributed by atoms with E-state index in [9.17, 15) is 13.2 Å². The van der Waals surface area contributed by atoms with Gasteiger partial charge in [0.2, 0.25) is 15.9 Å². The Bertz CT molecular complexity index is 871. The van der Waals surface area contributed by atoms with Crippen molar-refractivity contribution in [3.8, 4) is 0 Å². The first-order chi connectivity index (χ1) is 12.2. The van der Waals surface area contributed by atoms with Crippen LogP contribution in [0.2, 0.25) is 0 Å². The number of benzene rings is 1. The molecule has 0 aliphatic carbocycles. The normalized spacial score (nSPS) is 11.4. The van der Waals surface area contributed by atoms with E-state index < -0.39 is 10.0 Å². The summed E-state index contributed by atoms with van der Waals surface area (Å²) >= 11 is 1.20. The van der Waals surface area contributed by atoms with E-state index >= 15 is 0 Å². The van der Waals surface area contributed by atoms with E-state index in [1.807, 2.05) is 14.1 Å². The van der Waals surface area contributed by atoms with Crippen LogP contribution in [-0.2, 0) is 14.8 Å². The third kappa shape index (κ3) is 4.93. The molecular weight excluding hydrogens is 374 g/mol. The van der Waals surface area contributed by atoms with Crippen molar-refractivity contribution in [2.75, 3.05) is 44.2 Å². The molecule has 0 bridgehead atoms. The van der Waals surface area contributed by atoms with Gasteiger partial charge in [-0.15, -0.1) is 0 Å². The standard InChI is InChI=1S/C16H21N5O3S2/c1-20(2)14-7-6-12(26(23,24)21(3)4)10-13(14)19-15(22)11-25-16-17-8-5-9-18-16/h5-10H,11H2,1-4H3,(H,19,22). The second-order valence-electron chi connectivity index (χ2n) is 5.73. The third-order valence-electron chi connectivity index (χ3n) is 3.38. The summed E-state index contributed by atoms with van der Waals surface area (Å²) in [6.45, 7) is 0. The molecular formula is C16H21N5O3S2. The van der Waals surface area contributed by atoms with Crippen molar-refractivity contribution in [1.29, 1.82) is 0 Å². The van der Waals surface area contributed by atoms with Crippen molar-refractivity contribution in [3.63, 3.8) is 0 Å². The number of hydrogen-bond donors (Lipinski definition) is 1. The van der Waals surface area contributed by atoms with Crippen molar-refractivity contribution in [3.05, 3.63) is 36.7 Å². The Kier molecular flexibility index (Phi) is 6.57. The van der Waals surface area contributed by atoms with Gasteiger partial charge in [-0.1, -0.05) is 11.8 Å². The van der Waals surface area contributed by atoms with Crippen LogP contribution in [0.3, 0.4) is 0 Å². The molecule has 2 aromatic rings. The minimum Gasteiger partial charge on any atom is -0.376 e. The average Bonchev–Trinajstić information content (AvgIpc) is 2.60. The molecule has 1 aromatic carbocycles. The number of hydrogen-bond acceptors (Lipinski definition) is 7. The quantitative estimate of drug-likeness (QED) is 0.561. The number of rotatable bonds is 7. The molecule has 26 heavy (non-hydrogen) atoms. The lowest BCUT2D eigenvalue weighted by Gasteiger charge is -2.20. The van der Waals surface area contributed by atoms with Crippen molar-refractivity contribution in [1.82, 2.24) is 14.3 Å². The Morgan fingerprint density at radius 1 is 1.15 bits per heavy atom. The van der Waals surface area contributed by atoms with Gasteiger partial charge >= 0.3 is 0 Å². The lowest BCUT2D eigenvalue weighted by molar-refractivity contribution is -0.113. The third-order valence-corrected chi connectivity index (χ3v) is 6.06. The van der Waals surface area contributed by atoms with E-state index in [1.165, 1.54) is 38.0 Å². The molecule has 0 saturated carbocycles. The summed E-state index contributed by atoms with van der Waals surface area (Å²) in [5.41, 5.74) is 1.13. The van der Waals surface area contributed by atoms with Gasteiger partial charge < -0.3 is 10.2 Å². The largest absolute Gasteiger partial charge is 0.376 e. The molecule has 0 fully saturated rings. The molecule has 2 rings (SSSR count). The number of amides is 1. The summed E-state index contributed by atoms with van der Waals surface area (Å²) in [6.07, 6.45) is 3.21. The summed E-state index contributed by atoms with van der Waals surface area (Å²) in [5, 5.41) is 3.27. The predicted molar refractivity (Wildman–Crippen MR) is 103 cm³/mol. The van der Waals surface area contributed by atoms with Gasteiger partial charge in [-0.3, -0.25) is 4.79 Å². The Hall–Kier alpha value is -2.17. The van der Waals surface area contributed by atoms with Crippen LogP contribution in [0.25, 0.3) is 0 Å². The van der Waals surface area contributed by atoms with Crippen molar-refractivity contribution in [2.45, 2.75) is 10.1 Å². The van der Waals surface area contributed by atoms with Crippen LogP contribution in [-0.4, -0.2) is 62.5 Å². The molecule has 1 heterocycles. The molecule has 0 aliphatic heterocycles. The fourth-order valence-corrected chi connectivity index (χ4v) is 3.58. The van der Waals surface area contributed by atoms with Gasteiger partial charge in [0.15, 0.2) is 5.16 Å². The molecule has 140 valence electrons. The van der Waals surface area contributed by atoms with Gasteiger partial charge in [0.1, 0.15) is 0 Å². The van der Waals surface area contributed by atoms with Crippen molar-refractivity contribution < 1.29 is 13.2 Å². The van der Waals surface area contributed by atoms with E-state index in [1.54, 1.807) is 29.4 Å². The first-order valence-corrected chi connectivity index (χ1v) is 10.1. The van der Waals surface area contributed by atoms with Gasteiger partial charge in [-0.05, 0) is 24.3 Å². The van der Waals surface area contributed by atoms with Gasteiger partial charge in [0.05, 0.1) is 22.0 Å². The predicted octanol–water partition coefficient (Wildman–Crippen LogP) is 1.52. The molecule has 0 saturated heterocycles. The molecule has 0 unspecified atom stereocenters. The highest BCUT2D eigenvalue weighted by molar-refractivity contribution is 7.99. The van der Waals surface area contributed by atoms with Gasteiger partial charge in [-0.2, -0.15) is 0 Å². The van der Waals surface area contributed by atoms with Crippen LogP contribution in [0, 0.1) is 0 Å². The minimum atomic E-state index is -3.59. The van der Waals surface area contributed by atoms with Gasteiger partial charge in [-0.25, -0.2) is 22.7 Å². The maximum atomic E-state index is 12.3. The summed E-state index contributed by atoms with van der Waals surface area (Å²) in [6, 6.07) is 6.35. The number of anilines is 2. The van der Waals surface area contributed by atoms with Crippen LogP contribution in [0.4, 0.5) is 11.4 Å². The second kappa shape index (κ2) is 8.47. The maximum absolute atomic E-state index is 12.3. The van der Waals surface area contributed by atoms with E-state index in [4.69, 9.17) is 0 Å². The number of carbonyl (C=O) groups excluding carboxylic acids is 1. The monoisotopic (exact) mass is 395 g/mol. The van der Waals surface area contributed by atoms with Gasteiger partial charge in [0, 0.05) is 40.6 Å². The van der Waals surface area contributed by atoms with Crippen LogP contribution < -0.4 is 10.2 Å². The second-order valence-corrected chi connectivity index (χ2v) is 8.82. The van der Waals surface area contributed by atoms with Crippen LogP contribution in [0.1, 0.15) is 0 Å². The van der Waals surface area contributed by atoms with E-state index in [2.05, 4.69) is 15.3 Å². The van der Waals surface area contributed by atoms with E-state index in [-0.39, 0.29) is 16.6 Å². The molecule has 0 spiro atoms. The molecule has 8 nitrogen and oxygen atoms in total. The average molecular weight is 396 g/mol. The van der Waals surface area contributed by atoms with Gasteiger partial charge in [0.25, 0.3) is 0 Å². The number of nitrogens with one attached hydrogen (secondary N) is 1. The van der Waals surface area contributed by atoms with E-state index in [0.717, 1.165) is 4.31 Å².